The Morgan fingerprint density at radius 3 is 1.78 bits per heavy atom. The van der Waals surface area contributed by atoms with Gasteiger partial charge in [-0.05, 0) is 51.4 Å². The van der Waals surface area contributed by atoms with Crippen LogP contribution in [0.4, 0.5) is 0 Å². The molecule has 2 unspecified atom stereocenters. The molecule has 3 amide bonds. The van der Waals surface area contributed by atoms with E-state index in [9.17, 15) is 38.8 Å². The van der Waals surface area contributed by atoms with Crippen LogP contribution in [0.15, 0.2) is 0 Å². The number of amides is 3. The lowest BCUT2D eigenvalue weighted by atomic mass is 9.77. The molecule has 1 aliphatic carbocycles. The maximum atomic E-state index is 13.2. The highest BCUT2D eigenvalue weighted by molar-refractivity contribution is 6.43. The summed E-state index contributed by atoms with van der Waals surface area (Å²) < 4.78 is 0. The Labute approximate surface area is 297 Å². The van der Waals surface area contributed by atoms with E-state index in [2.05, 4.69) is 10.6 Å². The second-order valence-electron chi connectivity index (χ2n) is 14.1. The van der Waals surface area contributed by atoms with Gasteiger partial charge in [0.05, 0.1) is 32.1 Å². The summed E-state index contributed by atoms with van der Waals surface area (Å²) in [6.45, 7) is 5.98. The largest absolute Gasteiger partial charge is 0.475 e. The number of hydrogen-bond donors (Lipinski definition) is 4. The Morgan fingerprint density at radius 2 is 1.27 bits per heavy atom. The Hall–Kier alpha value is -3.40. The van der Waals surface area contributed by atoms with Crippen LogP contribution in [-0.4, -0.2) is 186 Å². The minimum absolute atomic E-state index is 0.0770. The topological polar surface area (TPSA) is 214 Å². The van der Waals surface area contributed by atoms with Crippen molar-refractivity contribution >= 4 is 42.7 Å². The lowest BCUT2D eigenvalue weighted by Gasteiger charge is -2.33. The molecule has 0 aromatic carbocycles. The molecule has 20 heteroatoms. The Morgan fingerprint density at radius 1 is 0.765 bits per heavy atom. The summed E-state index contributed by atoms with van der Waals surface area (Å²) in [5.74, 6) is -3.62. The first-order valence-electron chi connectivity index (χ1n) is 18.0. The first kappa shape index (κ1) is 38.8. The summed E-state index contributed by atoms with van der Waals surface area (Å²) in [4.78, 5) is 101. The minimum Gasteiger partial charge on any atom is -0.426 e. The predicted molar refractivity (Wildman–Crippen MR) is 177 cm³/mol. The average molecular weight is 723 g/mol. The molecule has 5 fully saturated rings. The molecule has 0 radical (unpaired) electrons. The highest BCUT2D eigenvalue weighted by Gasteiger charge is 2.39. The summed E-state index contributed by atoms with van der Waals surface area (Å²) in [6, 6.07) is -0.770. The van der Waals surface area contributed by atoms with Crippen molar-refractivity contribution in [2.75, 3.05) is 91.6 Å². The molecule has 0 aromatic rings. The zero-order valence-electron chi connectivity index (χ0n) is 29.3. The molecule has 4 saturated heterocycles. The molecular weight excluding hydrogens is 671 g/mol. The summed E-state index contributed by atoms with van der Waals surface area (Å²) in [5, 5.41) is 25.3. The van der Waals surface area contributed by atoms with Gasteiger partial charge in [0.2, 0.25) is 23.1 Å². The van der Waals surface area contributed by atoms with Gasteiger partial charge in [-0.3, -0.25) is 48.5 Å². The first-order chi connectivity index (χ1) is 24.4. The molecule has 0 spiro atoms. The molecule has 4 atom stereocenters. The average Bonchev–Trinajstić information content (AvgIpc) is 3.57. The van der Waals surface area contributed by atoms with E-state index in [0.29, 0.717) is 91.1 Å². The fourth-order valence-corrected chi connectivity index (χ4v) is 7.31. The number of nitrogens with one attached hydrogen (secondary N) is 2. The van der Waals surface area contributed by atoms with Gasteiger partial charge in [-0.2, -0.15) is 0 Å². The Balaban J connectivity index is 1.09. The number of likely N-dealkylation sites (tertiary alicyclic amines) is 1. The highest BCUT2D eigenvalue weighted by atomic mass is 17.2. The van der Waals surface area contributed by atoms with E-state index in [4.69, 9.17) is 14.5 Å². The van der Waals surface area contributed by atoms with Gasteiger partial charge in [-0.15, -0.1) is 0 Å². The second kappa shape index (κ2) is 18.4. The summed E-state index contributed by atoms with van der Waals surface area (Å²) in [7, 11) is -1.61. The zero-order valence-corrected chi connectivity index (χ0v) is 29.3. The number of hydrogen-bond acceptors (Lipinski definition) is 16. The van der Waals surface area contributed by atoms with Gasteiger partial charge in [0, 0.05) is 71.4 Å². The molecule has 1 saturated carbocycles. The van der Waals surface area contributed by atoms with Gasteiger partial charge in [0.1, 0.15) is 6.04 Å². The number of carbonyl (C=O) groups is 6. The highest BCUT2D eigenvalue weighted by Crippen LogP contribution is 2.29. The molecule has 4 heterocycles. The molecular formula is C31H51BN8O11. The van der Waals surface area contributed by atoms with Crippen molar-refractivity contribution < 1.29 is 53.3 Å². The maximum Gasteiger partial charge on any atom is 0.475 e. The molecule has 51 heavy (non-hydrogen) atoms. The molecule has 4 aliphatic heterocycles. The zero-order chi connectivity index (χ0) is 36.5. The van der Waals surface area contributed by atoms with Crippen LogP contribution in [-0.2, 0) is 43.3 Å². The SMILES string of the molecule is C[C@@H](NC(=O)[C@H]1CC[C@H](CNC(=O)CN2CCN3CCN4CCN(CC2)CC(=O)ON(OC(=O)C3)OC(=O)C4)CC1)C(=O)N1CCC[C@H]1B(O)O. The molecule has 19 nitrogen and oxygen atoms in total. The van der Waals surface area contributed by atoms with Crippen molar-refractivity contribution in [1.82, 2.24) is 40.5 Å². The van der Waals surface area contributed by atoms with Crippen LogP contribution in [0.2, 0.25) is 0 Å². The van der Waals surface area contributed by atoms with Crippen LogP contribution in [0.5, 0.6) is 0 Å². The first-order valence-corrected chi connectivity index (χ1v) is 18.0. The Kier molecular flexibility index (Phi) is 14.0. The van der Waals surface area contributed by atoms with E-state index < -0.39 is 37.0 Å². The van der Waals surface area contributed by atoms with Crippen LogP contribution in [0.1, 0.15) is 45.4 Å². The standard InChI is InChI=1S/C31H51BN8O11/c1-22(31(46)39-8-2-3-25(39)32(47)48)34-30(45)24-6-4-23(5-7-24)17-33-26(41)18-35-9-11-36-13-15-38-16-14-37(12-10-35)20-28(43)50-40(49-27(42)19-36)51-29(44)21-38/h22-25,47-48H,2-21H2,1H3,(H,33,41)(H,34,45)/t22-,23-,24-,25+/m1/s1. The van der Waals surface area contributed by atoms with Gasteiger partial charge in [0.25, 0.3) is 0 Å². The normalized spacial score (nSPS) is 31.8. The van der Waals surface area contributed by atoms with Crippen LogP contribution in [0.25, 0.3) is 0 Å². The number of rotatable bonds is 8. The summed E-state index contributed by atoms with van der Waals surface area (Å²) in [6.07, 6.45) is 3.95. The lowest BCUT2D eigenvalue weighted by molar-refractivity contribution is -0.464. The maximum absolute atomic E-state index is 13.2. The fourth-order valence-electron chi connectivity index (χ4n) is 7.31. The monoisotopic (exact) mass is 722 g/mol. The molecule has 5 rings (SSSR count). The van der Waals surface area contributed by atoms with Gasteiger partial charge >= 0.3 is 25.0 Å². The van der Waals surface area contributed by atoms with Crippen molar-refractivity contribution in [2.24, 2.45) is 11.8 Å². The third-order valence-corrected chi connectivity index (χ3v) is 10.3. The van der Waals surface area contributed by atoms with Crippen LogP contribution >= 0.6 is 0 Å². The van der Waals surface area contributed by atoms with Gasteiger partial charge in [-0.1, -0.05) is 0 Å². The van der Waals surface area contributed by atoms with Gasteiger partial charge in [-0.25, -0.2) is 14.4 Å². The van der Waals surface area contributed by atoms with E-state index in [0.717, 1.165) is 12.8 Å². The smallest absolute Gasteiger partial charge is 0.426 e. The van der Waals surface area contributed by atoms with Crippen molar-refractivity contribution in [3.05, 3.63) is 0 Å². The molecule has 4 bridgehead atoms. The number of fused-ring (bicyclic) bond motifs is 7. The van der Waals surface area contributed by atoms with E-state index in [1.807, 2.05) is 19.6 Å². The summed E-state index contributed by atoms with van der Waals surface area (Å²) >= 11 is 0. The van der Waals surface area contributed by atoms with E-state index in [-0.39, 0.29) is 61.1 Å². The summed E-state index contributed by atoms with van der Waals surface area (Å²) in [5.41, 5.74) is 0. The van der Waals surface area contributed by atoms with Crippen LogP contribution in [0, 0.1) is 11.8 Å². The third kappa shape index (κ3) is 11.5. The molecule has 4 N–H and O–H groups in total. The van der Waals surface area contributed by atoms with Gasteiger partial charge in [0.15, 0.2) is 0 Å². The quantitative estimate of drug-likeness (QED) is 0.178. The van der Waals surface area contributed by atoms with E-state index >= 15 is 0 Å². The molecule has 5 aliphatic rings. The predicted octanol–water partition coefficient (Wildman–Crippen LogP) is -3.66. The minimum atomic E-state index is -1.61. The third-order valence-electron chi connectivity index (χ3n) is 10.3. The van der Waals surface area contributed by atoms with Crippen LogP contribution < -0.4 is 10.6 Å². The number of carbonyl (C=O) groups excluding carboxylic acids is 6. The number of nitrogens with zero attached hydrogens (tertiary/aromatic N) is 6. The van der Waals surface area contributed by atoms with Crippen LogP contribution in [0.3, 0.4) is 0 Å². The molecule has 0 aromatic heterocycles. The van der Waals surface area contributed by atoms with E-state index in [1.54, 1.807) is 6.92 Å². The lowest BCUT2D eigenvalue weighted by Crippen LogP contribution is -2.53. The van der Waals surface area contributed by atoms with Crippen molar-refractivity contribution in [3.8, 4) is 0 Å². The van der Waals surface area contributed by atoms with Crippen molar-refractivity contribution in [1.29, 1.82) is 0 Å². The van der Waals surface area contributed by atoms with E-state index in [1.165, 1.54) is 4.90 Å². The van der Waals surface area contributed by atoms with Crippen molar-refractivity contribution in [2.45, 2.75) is 57.4 Å². The molecule has 284 valence electrons. The second-order valence-corrected chi connectivity index (χ2v) is 14.1. The Bertz CT molecular complexity index is 1240. The van der Waals surface area contributed by atoms with Crippen molar-refractivity contribution in [3.63, 3.8) is 0 Å². The fraction of sp³-hybridized carbons (Fsp3) is 0.806. The van der Waals surface area contributed by atoms with Gasteiger partial charge < -0.3 is 25.6 Å².